The molecule has 426 valence electrons. The van der Waals surface area contributed by atoms with E-state index in [-0.39, 0.29) is 94.5 Å². The highest BCUT2D eigenvalue weighted by Crippen LogP contribution is 2.43. The first kappa shape index (κ1) is 57.4. The fraction of sp³-hybridized carbons (Fsp3) is 0.703. The molecule has 0 atom stereocenters. The highest BCUT2D eigenvalue weighted by molar-refractivity contribution is 5.85. The molecule has 6 aliphatic rings. The summed E-state index contributed by atoms with van der Waals surface area (Å²) in [5.41, 5.74) is 2.65. The summed E-state index contributed by atoms with van der Waals surface area (Å²) in [7, 11) is 1.89. The second-order valence-electron chi connectivity index (χ2n) is 26.5. The SMILES string of the molecule is Cn1c(-c2cc(OC(=O)C3CCC(C(=O)OC4CCC(OC(=O)C5CCC(C(C)(C)C)CC5)CC4)CC3)ccc2OC(=O)C2CCC(C(=O)OC3CCC(OC(=O)C4CCC(C(C)(C)C)CC4)CC3)CC2)nc2ccccc21. The van der Waals surface area contributed by atoms with Gasteiger partial charge in [-0.05, 0) is 207 Å². The number of aromatic nitrogens is 2. The van der Waals surface area contributed by atoms with Crippen molar-refractivity contribution in [3.8, 4) is 22.9 Å². The van der Waals surface area contributed by atoms with Crippen LogP contribution >= 0.6 is 0 Å². The Morgan fingerprint density at radius 2 is 0.756 bits per heavy atom. The fourth-order valence-electron chi connectivity index (χ4n) is 13.7. The molecule has 0 N–H and O–H groups in total. The summed E-state index contributed by atoms with van der Waals surface area (Å²) in [6.45, 7) is 13.7. The van der Waals surface area contributed by atoms with Crippen LogP contribution in [0.2, 0.25) is 0 Å². The predicted molar refractivity (Wildman–Crippen MR) is 295 cm³/mol. The number of rotatable bonds is 13. The van der Waals surface area contributed by atoms with Gasteiger partial charge in [-0.15, -0.1) is 0 Å². The van der Waals surface area contributed by atoms with Gasteiger partial charge in [0.1, 0.15) is 41.7 Å². The second kappa shape index (κ2) is 25.0. The summed E-state index contributed by atoms with van der Waals surface area (Å²) in [5.74, 6) is -0.410. The van der Waals surface area contributed by atoms with Crippen molar-refractivity contribution in [3.05, 3.63) is 42.5 Å². The maximum absolute atomic E-state index is 13.9. The molecule has 0 aliphatic heterocycles. The van der Waals surface area contributed by atoms with E-state index in [2.05, 4.69) is 41.5 Å². The zero-order chi connectivity index (χ0) is 55.3. The molecule has 0 bridgehead atoms. The average Bonchev–Trinajstić information content (AvgIpc) is 3.87. The van der Waals surface area contributed by atoms with E-state index in [9.17, 15) is 28.8 Å². The highest BCUT2D eigenvalue weighted by atomic mass is 16.6. The lowest BCUT2D eigenvalue weighted by molar-refractivity contribution is -0.165. The topological polar surface area (TPSA) is 176 Å². The number of benzene rings is 2. The molecule has 1 heterocycles. The summed E-state index contributed by atoms with van der Waals surface area (Å²) < 4.78 is 38.1. The van der Waals surface area contributed by atoms with Crippen LogP contribution in [0, 0.1) is 58.2 Å². The molecule has 6 aliphatic carbocycles. The summed E-state index contributed by atoms with van der Waals surface area (Å²) >= 11 is 0. The van der Waals surface area contributed by atoms with Crippen molar-refractivity contribution < 1.29 is 57.2 Å². The maximum Gasteiger partial charge on any atom is 0.314 e. The Labute approximate surface area is 462 Å². The molecule has 0 spiro atoms. The predicted octanol–water partition coefficient (Wildman–Crippen LogP) is 13.2. The molecule has 3 aromatic rings. The van der Waals surface area contributed by atoms with E-state index in [0.717, 1.165) is 62.4 Å². The number of imidazole rings is 1. The maximum atomic E-state index is 13.9. The number of carbonyl (C=O) groups excluding carboxylic acids is 6. The molecule has 9 rings (SSSR count). The highest BCUT2D eigenvalue weighted by Gasteiger charge is 2.40. The van der Waals surface area contributed by atoms with Gasteiger partial charge >= 0.3 is 35.8 Å². The molecule has 14 heteroatoms. The molecule has 6 fully saturated rings. The van der Waals surface area contributed by atoms with Crippen molar-refractivity contribution in [1.82, 2.24) is 9.55 Å². The van der Waals surface area contributed by atoms with Crippen LogP contribution in [0.4, 0.5) is 0 Å². The molecular formula is C64H88N2O12. The van der Waals surface area contributed by atoms with Gasteiger partial charge in [0.15, 0.2) is 0 Å². The van der Waals surface area contributed by atoms with Crippen LogP contribution in [-0.4, -0.2) is 69.8 Å². The van der Waals surface area contributed by atoms with Crippen molar-refractivity contribution in [2.45, 2.75) is 220 Å². The Balaban J connectivity index is 0.717. The standard InChI is InChI=1S/C64H88N2O12/c1-63(2,3)45-24-20-43(21-25-45)59(69)75-49-32-28-47(29-33-49)73-57(67)39-12-14-41(15-13-39)61(71)77-51-36-37-55(52(38-51)56-65-53-10-8-9-11-54(53)66(56)7)78-62(72)42-18-16-40(17-19-42)58(68)74-48-30-34-50(35-31-48)76-60(70)44-22-26-46(27-23-44)64(4,5)6/h8-11,36-50H,12-35H2,1-7H3. The van der Waals surface area contributed by atoms with Crippen LogP contribution in [0.15, 0.2) is 42.5 Å². The second-order valence-corrected chi connectivity index (χ2v) is 26.5. The Bertz CT molecular complexity index is 2580. The number of aryl methyl sites for hydroxylation is 1. The number of fused-ring (bicyclic) bond motifs is 1. The Hall–Kier alpha value is -5.27. The van der Waals surface area contributed by atoms with Gasteiger partial charge in [-0.25, -0.2) is 4.98 Å². The van der Waals surface area contributed by atoms with Gasteiger partial charge in [0.05, 0.1) is 52.1 Å². The monoisotopic (exact) mass is 1080 g/mol. The van der Waals surface area contributed by atoms with E-state index in [0.29, 0.717) is 132 Å². The normalized spacial score (nSPS) is 30.1. The third-order valence-corrected chi connectivity index (χ3v) is 19.1. The van der Waals surface area contributed by atoms with Crippen LogP contribution in [0.25, 0.3) is 22.4 Å². The summed E-state index contributed by atoms with van der Waals surface area (Å²) in [6, 6.07) is 12.7. The van der Waals surface area contributed by atoms with Gasteiger partial charge in [-0.3, -0.25) is 28.8 Å². The van der Waals surface area contributed by atoms with Crippen molar-refractivity contribution >= 4 is 46.8 Å². The van der Waals surface area contributed by atoms with Crippen LogP contribution in [0.1, 0.15) is 196 Å². The molecule has 6 saturated carbocycles. The lowest BCUT2D eigenvalue weighted by atomic mass is 9.70. The first-order valence-corrected chi connectivity index (χ1v) is 30.1. The first-order valence-electron chi connectivity index (χ1n) is 30.1. The van der Waals surface area contributed by atoms with Crippen LogP contribution < -0.4 is 9.47 Å². The third-order valence-electron chi connectivity index (χ3n) is 19.1. The van der Waals surface area contributed by atoms with Gasteiger partial charge in [-0.1, -0.05) is 53.7 Å². The minimum atomic E-state index is -0.416. The van der Waals surface area contributed by atoms with Crippen molar-refractivity contribution in [2.75, 3.05) is 0 Å². The molecular weight excluding hydrogens is 989 g/mol. The molecule has 78 heavy (non-hydrogen) atoms. The molecule has 0 unspecified atom stereocenters. The van der Waals surface area contributed by atoms with E-state index in [4.69, 9.17) is 33.4 Å². The van der Waals surface area contributed by atoms with E-state index < -0.39 is 17.8 Å². The van der Waals surface area contributed by atoms with E-state index in [1.807, 2.05) is 35.9 Å². The Morgan fingerprint density at radius 3 is 1.12 bits per heavy atom. The Morgan fingerprint density at radius 1 is 0.423 bits per heavy atom. The van der Waals surface area contributed by atoms with Crippen molar-refractivity contribution in [3.63, 3.8) is 0 Å². The van der Waals surface area contributed by atoms with E-state index >= 15 is 0 Å². The lowest BCUT2D eigenvalue weighted by Gasteiger charge is -2.37. The smallest absolute Gasteiger partial charge is 0.314 e. The number of esters is 6. The largest absolute Gasteiger partial charge is 0.462 e. The summed E-state index contributed by atoms with van der Waals surface area (Å²) in [4.78, 5) is 85.4. The minimum absolute atomic E-state index is 0.0170. The number of carbonyl (C=O) groups is 6. The van der Waals surface area contributed by atoms with Crippen LogP contribution in [-0.2, 0) is 54.8 Å². The van der Waals surface area contributed by atoms with Gasteiger partial charge in [0.25, 0.3) is 0 Å². The summed E-state index contributed by atoms with van der Waals surface area (Å²) in [6.07, 6.45) is 16.6. The number of ether oxygens (including phenoxy) is 6. The molecule has 0 radical (unpaired) electrons. The summed E-state index contributed by atoms with van der Waals surface area (Å²) in [5, 5.41) is 0. The van der Waals surface area contributed by atoms with Gasteiger partial charge in [0, 0.05) is 7.05 Å². The lowest BCUT2D eigenvalue weighted by Crippen LogP contribution is -2.35. The van der Waals surface area contributed by atoms with Gasteiger partial charge in [0.2, 0.25) is 0 Å². The van der Waals surface area contributed by atoms with Crippen molar-refractivity contribution in [2.24, 2.45) is 65.2 Å². The first-order chi connectivity index (χ1) is 37.2. The number of hydrogen-bond donors (Lipinski definition) is 0. The van der Waals surface area contributed by atoms with Crippen LogP contribution in [0.5, 0.6) is 11.5 Å². The number of para-hydroxylation sites is 2. The minimum Gasteiger partial charge on any atom is -0.462 e. The molecule has 0 saturated heterocycles. The number of nitrogens with zero attached hydrogens (tertiary/aromatic N) is 2. The average molecular weight is 1080 g/mol. The molecule has 1 aromatic heterocycles. The zero-order valence-electron chi connectivity index (χ0n) is 47.7. The van der Waals surface area contributed by atoms with Gasteiger partial charge < -0.3 is 33.0 Å². The van der Waals surface area contributed by atoms with Crippen LogP contribution in [0.3, 0.4) is 0 Å². The van der Waals surface area contributed by atoms with E-state index in [1.54, 1.807) is 18.2 Å². The fourth-order valence-corrected chi connectivity index (χ4v) is 13.7. The quantitative estimate of drug-likeness (QED) is 0.0899. The van der Waals surface area contributed by atoms with E-state index in [1.165, 1.54) is 0 Å². The zero-order valence-corrected chi connectivity index (χ0v) is 47.7. The molecule has 14 nitrogen and oxygen atoms in total. The van der Waals surface area contributed by atoms with Gasteiger partial charge in [-0.2, -0.15) is 0 Å². The Kier molecular flexibility index (Phi) is 18.4. The molecule has 2 aromatic carbocycles. The molecule has 0 amide bonds. The van der Waals surface area contributed by atoms with Crippen molar-refractivity contribution in [1.29, 1.82) is 0 Å². The number of hydrogen-bond acceptors (Lipinski definition) is 13. The third kappa shape index (κ3) is 14.4.